The van der Waals surface area contributed by atoms with Gasteiger partial charge in [0, 0.05) is 34.8 Å². The molecule has 1 aliphatic rings. The molecular formula is C34H36Cl2N6O6. The van der Waals surface area contributed by atoms with Crippen LogP contribution in [0.1, 0.15) is 49.8 Å². The largest absolute Gasteiger partial charge is 0.480 e. The molecule has 2 atom stereocenters. The Morgan fingerprint density at radius 2 is 1.50 bits per heavy atom. The second-order valence-electron chi connectivity index (χ2n) is 12.1. The Morgan fingerprint density at radius 1 is 0.938 bits per heavy atom. The first-order chi connectivity index (χ1) is 22.9. The number of amides is 1. The maximum atomic E-state index is 13.2. The van der Waals surface area contributed by atoms with E-state index in [1.54, 1.807) is 33.0 Å². The van der Waals surface area contributed by atoms with Gasteiger partial charge >= 0.3 is 6.09 Å². The van der Waals surface area contributed by atoms with Crippen molar-refractivity contribution in [3.05, 3.63) is 70.2 Å². The number of hydrogen-bond acceptors (Lipinski definition) is 11. The molecule has 0 saturated carbocycles. The Morgan fingerprint density at radius 3 is 2.02 bits per heavy atom. The number of ether oxygens (including phenoxy) is 3. The molecule has 252 valence electrons. The summed E-state index contributed by atoms with van der Waals surface area (Å²) in [6.07, 6.45) is 3.76. The second kappa shape index (κ2) is 14.8. The lowest BCUT2D eigenvalue weighted by atomic mass is 9.98. The summed E-state index contributed by atoms with van der Waals surface area (Å²) in [6.45, 7) is 5.76. The van der Waals surface area contributed by atoms with Crippen LogP contribution in [0.4, 0.5) is 4.79 Å². The summed E-state index contributed by atoms with van der Waals surface area (Å²) >= 11 is 13.9. The predicted octanol–water partition coefficient (Wildman–Crippen LogP) is 6.21. The molecule has 1 fully saturated rings. The van der Waals surface area contributed by atoms with Crippen molar-refractivity contribution < 1.29 is 28.9 Å². The number of methoxy groups -OCH3 is 2. The molecule has 1 amide bonds. The Bertz CT molecular complexity index is 1820. The van der Waals surface area contributed by atoms with E-state index in [1.807, 2.05) is 30.3 Å². The summed E-state index contributed by atoms with van der Waals surface area (Å²) in [5, 5.41) is 13.8. The fraction of sp³-hybridized carbons (Fsp3) is 0.353. The summed E-state index contributed by atoms with van der Waals surface area (Å²) in [5.41, 5.74) is 3.08. The zero-order valence-corrected chi connectivity index (χ0v) is 28.7. The molecule has 0 spiro atoms. The Kier molecular flexibility index (Phi) is 10.8. The monoisotopic (exact) mass is 694 g/mol. The van der Waals surface area contributed by atoms with Gasteiger partial charge in [-0.1, -0.05) is 59.6 Å². The molecule has 2 aromatic heterocycles. The van der Waals surface area contributed by atoms with E-state index in [0.717, 1.165) is 0 Å². The number of nitrogens with zero attached hydrogens (tertiary/aromatic N) is 5. The third-order valence-corrected chi connectivity index (χ3v) is 8.38. The van der Waals surface area contributed by atoms with E-state index in [-0.39, 0.29) is 30.0 Å². The van der Waals surface area contributed by atoms with E-state index in [2.05, 4.69) is 20.3 Å². The lowest BCUT2D eigenvalue weighted by Crippen LogP contribution is -2.44. The minimum absolute atomic E-state index is 0.0668. The second-order valence-corrected chi connectivity index (χ2v) is 12.9. The number of aliphatic hydroxyl groups is 1. The maximum Gasteiger partial charge on any atom is 0.410 e. The molecule has 0 radical (unpaired) electrons. The highest BCUT2D eigenvalue weighted by molar-refractivity contribution is 6.39. The molecule has 1 aliphatic heterocycles. The van der Waals surface area contributed by atoms with Crippen LogP contribution in [0.15, 0.2) is 48.8 Å². The predicted molar refractivity (Wildman–Crippen MR) is 181 cm³/mol. The van der Waals surface area contributed by atoms with E-state index >= 15 is 0 Å². The minimum atomic E-state index is -0.705. The molecule has 2 aromatic carbocycles. The SMILES string of the molecule is COc1nc(-c2cccc(-c3cccc(-c4cnc(CN(C[C@@H]5CCC(O)N5)C(=O)OC(C)(C)C)c(OC)n4)c3Cl)c2Cl)cnc1C=O. The van der Waals surface area contributed by atoms with Crippen LogP contribution in [0.5, 0.6) is 11.8 Å². The Hall–Kier alpha value is -4.36. The highest BCUT2D eigenvalue weighted by atomic mass is 35.5. The van der Waals surface area contributed by atoms with Gasteiger partial charge in [-0.25, -0.2) is 19.7 Å². The average molecular weight is 696 g/mol. The van der Waals surface area contributed by atoms with Gasteiger partial charge in [-0.3, -0.25) is 15.1 Å². The van der Waals surface area contributed by atoms with E-state index < -0.39 is 17.9 Å². The molecule has 4 aromatic rings. The number of aromatic nitrogens is 4. The zero-order valence-electron chi connectivity index (χ0n) is 27.2. The summed E-state index contributed by atoms with van der Waals surface area (Å²) in [6, 6.07) is 10.8. The molecule has 48 heavy (non-hydrogen) atoms. The van der Waals surface area contributed by atoms with Gasteiger partial charge in [0.25, 0.3) is 0 Å². The number of halogens is 2. The van der Waals surface area contributed by atoms with E-state index in [9.17, 15) is 14.7 Å². The van der Waals surface area contributed by atoms with Gasteiger partial charge in [-0.15, -0.1) is 0 Å². The molecule has 1 unspecified atom stereocenters. The minimum Gasteiger partial charge on any atom is -0.480 e. The smallest absolute Gasteiger partial charge is 0.410 e. The van der Waals surface area contributed by atoms with Crippen molar-refractivity contribution in [2.24, 2.45) is 0 Å². The van der Waals surface area contributed by atoms with Gasteiger partial charge in [0.2, 0.25) is 11.8 Å². The Labute approximate surface area is 288 Å². The van der Waals surface area contributed by atoms with Gasteiger partial charge < -0.3 is 24.2 Å². The third-order valence-electron chi connectivity index (χ3n) is 7.57. The van der Waals surface area contributed by atoms with Gasteiger partial charge in [-0.2, -0.15) is 0 Å². The number of aldehydes is 1. The zero-order chi connectivity index (χ0) is 34.6. The number of carbonyl (C=O) groups excluding carboxylic acids is 2. The van der Waals surface area contributed by atoms with Crippen molar-refractivity contribution in [1.29, 1.82) is 0 Å². The first-order valence-corrected chi connectivity index (χ1v) is 15.9. The van der Waals surface area contributed by atoms with Crippen LogP contribution >= 0.6 is 23.2 Å². The number of hydrogen-bond donors (Lipinski definition) is 2. The summed E-state index contributed by atoms with van der Waals surface area (Å²) in [4.78, 5) is 44.0. The molecule has 14 heteroatoms. The molecule has 0 bridgehead atoms. The number of carbonyl (C=O) groups is 2. The number of nitrogens with one attached hydrogen (secondary N) is 1. The van der Waals surface area contributed by atoms with E-state index in [1.165, 1.54) is 25.3 Å². The molecule has 3 heterocycles. The molecule has 2 N–H and O–H groups in total. The molecule has 0 aliphatic carbocycles. The summed E-state index contributed by atoms with van der Waals surface area (Å²) < 4.78 is 16.5. The summed E-state index contributed by atoms with van der Waals surface area (Å²) in [7, 11) is 2.89. The first-order valence-electron chi connectivity index (χ1n) is 15.2. The topological polar surface area (TPSA) is 149 Å². The van der Waals surface area contributed by atoms with Gasteiger partial charge in [-0.05, 0) is 33.6 Å². The van der Waals surface area contributed by atoms with Crippen molar-refractivity contribution >= 4 is 35.6 Å². The van der Waals surface area contributed by atoms with E-state index in [0.29, 0.717) is 75.1 Å². The molecule has 1 saturated heterocycles. The fourth-order valence-corrected chi connectivity index (χ4v) is 5.98. The first kappa shape index (κ1) is 35.0. The number of aliphatic hydroxyl groups excluding tert-OH is 1. The van der Waals surface area contributed by atoms with Gasteiger partial charge in [0.05, 0.1) is 54.6 Å². The lowest BCUT2D eigenvalue weighted by molar-refractivity contribution is 0.0207. The van der Waals surface area contributed by atoms with Crippen LogP contribution in [0, 0.1) is 0 Å². The standard InChI is InChI=1S/C34H36Cl2N6O6/c1-34(2,3)48-33(45)42(16-19-12-13-28(44)39-19)17-26-31(46-4)40-24(14-37-26)22-10-6-8-20(29(22)35)21-9-7-11-23(30(21)36)25-15-38-27(18-43)32(41-25)47-5/h6-11,14-15,18-19,28,39,44H,12-13,16-17H2,1-5H3/t19-,28?/m0/s1. The van der Waals surface area contributed by atoms with Crippen LogP contribution in [0.25, 0.3) is 33.6 Å². The number of benzene rings is 2. The quantitative estimate of drug-likeness (QED) is 0.182. The van der Waals surface area contributed by atoms with Crippen LogP contribution in [0.3, 0.4) is 0 Å². The van der Waals surface area contributed by atoms with Crippen LogP contribution < -0.4 is 14.8 Å². The van der Waals surface area contributed by atoms with Crippen molar-refractivity contribution in [2.75, 3.05) is 20.8 Å². The normalized spacial score (nSPS) is 16.0. The maximum absolute atomic E-state index is 13.2. The van der Waals surface area contributed by atoms with Crippen LogP contribution in [-0.4, -0.2) is 81.0 Å². The highest BCUT2D eigenvalue weighted by Crippen LogP contribution is 2.42. The van der Waals surface area contributed by atoms with Crippen molar-refractivity contribution in [1.82, 2.24) is 30.2 Å². The summed E-state index contributed by atoms with van der Waals surface area (Å²) in [5.74, 6) is 0.302. The van der Waals surface area contributed by atoms with Crippen LogP contribution in [-0.2, 0) is 11.3 Å². The molecular weight excluding hydrogens is 659 g/mol. The van der Waals surface area contributed by atoms with Crippen molar-refractivity contribution in [3.8, 4) is 45.4 Å². The highest BCUT2D eigenvalue weighted by Gasteiger charge is 2.30. The van der Waals surface area contributed by atoms with Gasteiger partial charge in [0.1, 0.15) is 17.5 Å². The molecule has 5 rings (SSSR count). The third kappa shape index (κ3) is 7.84. The lowest BCUT2D eigenvalue weighted by Gasteiger charge is -2.29. The van der Waals surface area contributed by atoms with E-state index in [4.69, 9.17) is 42.4 Å². The average Bonchev–Trinajstić information content (AvgIpc) is 3.48. The van der Waals surface area contributed by atoms with Crippen LogP contribution in [0.2, 0.25) is 10.0 Å². The van der Waals surface area contributed by atoms with Crippen molar-refractivity contribution in [3.63, 3.8) is 0 Å². The number of rotatable bonds is 10. The fourth-order valence-electron chi connectivity index (χ4n) is 5.34. The Balaban J connectivity index is 1.46. The van der Waals surface area contributed by atoms with Crippen molar-refractivity contribution in [2.45, 2.75) is 58.0 Å². The van der Waals surface area contributed by atoms with Gasteiger partial charge in [0.15, 0.2) is 12.0 Å². The molecule has 12 nitrogen and oxygen atoms in total.